The lowest BCUT2D eigenvalue weighted by Gasteiger charge is -2.08. The summed E-state index contributed by atoms with van der Waals surface area (Å²) in [6, 6.07) is 7.94. The largest absolute Gasteiger partial charge is 0.326 e. The maximum Gasteiger partial charge on any atom is 0.258 e. The number of benzene rings is 1. The lowest BCUT2D eigenvalue weighted by molar-refractivity contribution is -0.115. The number of nitrogens with zero attached hydrogens (tertiary/aromatic N) is 1. The molecule has 21 heavy (non-hydrogen) atoms. The molecule has 1 aromatic carbocycles. The fourth-order valence-electron chi connectivity index (χ4n) is 1.68. The van der Waals surface area contributed by atoms with Crippen molar-refractivity contribution in [3.05, 3.63) is 54.1 Å². The van der Waals surface area contributed by atoms with Crippen molar-refractivity contribution in [2.24, 2.45) is 0 Å². The number of hydrogen-bond donors (Lipinski definition) is 2. The highest BCUT2D eigenvalue weighted by molar-refractivity contribution is 6.04. The summed E-state index contributed by atoms with van der Waals surface area (Å²) in [4.78, 5) is 26.9. The van der Waals surface area contributed by atoms with E-state index in [9.17, 15) is 14.0 Å². The molecule has 0 aliphatic carbocycles. The first-order valence-electron chi connectivity index (χ1n) is 6.41. The number of hydrogen-bond acceptors (Lipinski definition) is 3. The predicted octanol–water partition coefficient (Wildman–Crippen LogP) is 2.82. The summed E-state index contributed by atoms with van der Waals surface area (Å²) in [5, 5.41) is 5.25. The minimum absolute atomic E-state index is 0.0898. The Hall–Kier alpha value is -2.76. The molecule has 0 bridgehead atoms. The molecule has 0 aliphatic rings. The molecule has 6 heteroatoms. The van der Waals surface area contributed by atoms with Crippen LogP contribution >= 0.6 is 0 Å². The monoisotopic (exact) mass is 287 g/mol. The average molecular weight is 287 g/mol. The highest BCUT2D eigenvalue weighted by Gasteiger charge is 2.11. The molecule has 0 unspecified atom stereocenters. The van der Waals surface area contributed by atoms with Gasteiger partial charge in [-0.3, -0.25) is 14.6 Å². The molecule has 0 saturated heterocycles. The first-order valence-corrected chi connectivity index (χ1v) is 6.41. The molecule has 0 fully saturated rings. The molecule has 0 atom stereocenters. The van der Waals surface area contributed by atoms with Crippen LogP contribution in [-0.2, 0) is 4.79 Å². The Bertz CT molecular complexity index is 673. The van der Waals surface area contributed by atoms with Crippen LogP contribution < -0.4 is 10.6 Å². The molecule has 2 N–H and O–H groups in total. The summed E-state index contributed by atoms with van der Waals surface area (Å²) in [6.45, 7) is 1.74. The van der Waals surface area contributed by atoms with E-state index in [1.807, 2.05) is 0 Å². The van der Waals surface area contributed by atoms with Crippen LogP contribution in [0, 0.1) is 5.82 Å². The SMILES string of the molecule is CCC(=O)Nc1cccc(NC(=O)c2ccncc2F)c1. The molecular formula is C15H14FN3O2. The van der Waals surface area contributed by atoms with E-state index in [-0.39, 0.29) is 11.5 Å². The van der Waals surface area contributed by atoms with Gasteiger partial charge in [-0.25, -0.2) is 4.39 Å². The third-order valence-corrected chi connectivity index (χ3v) is 2.74. The van der Waals surface area contributed by atoms with E-state index in [1.165, 1.54) is 12.3 Å². The number of pyridine rings is 1. The van der Waals surface area contributed by atoms with Crippen LogP contribution in [0.2, 0.25) is 0 Å². The van der Waals surface area contributed by atoms with E-state index in [0.717, 1.165) is 6.20 Å². The van der Waals surface area contributed by atoms with E-state index in [2.05, 4.69) is 15.6 Å². The number of carbonyl (C=O) groups excluding carboxylic acids is 2. The summed E-state index contributed by atoms with van der Waals surface area (Å²) < 4.78 is 13.5. The topological polar surface area (TPSA) is 71.1 Å². The molecule has 5 nitrogen and oxygen atoms in total. The van der Waals surface area contributed by atoms with Crippen LogP contribution in [0.5, 0.6) is 0 Å². The van der Waals surface area contributed by atoms with Gasteiger partial charge in [-0.15, -0.1) is 0 Å². The van der Waals surface area contributed by atoms with Gasteiger partial charge in [0.05, 0.1) is 11.8 Å². The third kappa shape index (κ3) is 3.85. The highest BCUT2D eigenvalue weighted by Crippen LogP contribution is 2.17. The van der Waals surface area contributed by atoms with E-state index in [4.69, 9.17) is 0 Å². The predicted molar refractivity (Wildman–Crippen MR) is 77.5 cm³/mol. The van der Waals surface area contributed by atoms with Gasteiger partial charge in [0.15, 0.2) is 5.82 Å². The molecule has 1 aromatic heterocycles. The molecule has 2 aromatic rings. The number of amides is 2. The first kappa shape index (κ1) is 14.6. The Balaban J connectivity index is 2.13. The van der Waals surface area contributed by atoms with Gasteiger partial charge in [-0.05, 0) is 24.3 Å². The number of aromatic nitrogens is 1. The molecule has 0 spiro atoms. The van der Waals surface area contributed by atoms with E-state index in [1.54, 1.807) is 31.2 Å². The molecular weight excluding hydrogens is 273 g/mol. The number of nitrogens with one attached hydrogen (secondary N) is 2. The molecule has 0 radical (unpaired) electrons. The summed E-state index contributed by atoms with van der Waals surface area (Å²) in [6.07, 6.45) is 2.68. The van der Waals surface area contributed by atoms with Crippen molar-refractivity contribution in [3.8, 4) is 0 Å². The molecule has 2 amide bonds. The maximum atomic E-state index is 13.5. The maximum absolute atomic E-state index is 13.5. The van der Waals surface area contributed by atoms with E-state index in [0.29, 0.717) is 17.8 Å². The normalized spacial score (nSPS) is 10.0. The fraction of sp³-hybridized carbons (Fsp3) is 0.133. The smallest absolute Gasteiger partial charge is 0.258 e. The van der Waals surface area contributed by atoms with Crippen molar-refractivity contribution in [3.63, 3.8) is 0 Å². The second kappa shape index (κ2) is 6.60. The van der Waals surface area contributed by atoms with Gasteiger partial charge < -0.3 is 10.6 Å². The quantitative estimate of drug-likeness (QED) is 0.908. The van der Waals surface area contributed by atoms with Crippen LogP contribution in [0.1, 0.15) is 23.7 Å². The summed E-state index contributed by atoms with van der Waals surface area (Å²) in [7, 11) is 0. The lowest BCUT2D eigenvalue weighted by atomic mass is 10.2. The van der Waals surface area contributed by atoms with Crippen molar-refractivity contribution in [1.82, 2.24) is 4.98 Å². The Labute approximate surface area is 121 Å². The third-order valence-electron chi connectivity index (χ3n) is 2.74. The minimum Gasteiger partial charge on any atom is -0.326 e. The zero-order valence-electron chi connectivity index (χ0n) is 11.4. The number of rotatable bonds is 4. The van der Waals surface area contributed by atoms with Crippen molar-refractivity contribution in [1.29, 1.82) is 0 Å². The fourth-order valence-corrected chi connectivity index (χ4v) is 1.68. The van der Waals surface area contributed by atoms with Gasteiger partial charge in [0.25, 0.3) is 5.91 Å². The van der Waals surface area contributed by atoms with Crippen LogP contribution in [0.3, 0.4) is 0 Å². The zero-order chi connectivity index (χ0) is 15.2. The molecule has 0 saturated carbocycles. The average Bonchev–Trinajstić information content (AvgIpc) is 2.47. The van der Waals surface area contributed by atoms with Crippen LogP contribution in [0.4, 0.5) is 15.8 Å². The van der Waals surface area contributed by atoms with Crippen molar-refractivity contribution in [2.45, 2.75) is 13.3 Å². The van der Waals surface area contributed by atoms with Crippen molar-refractivity contribution in [2.75, 3.05) is 10.6 Å². The second-order valence-electron chi connectivity index (χ2n) is 4.29. The van der Waals surface area contributed by atoms with Crippen molar-refractivity contribution >= 4 is 23.2 Å². The standard InChI is InChI=1S/C15H14FN3O2/c1-2-14(20)18-10-4-3-5-11(8-10)19-15(21)12-6-7-17-9-13(12)16/h3-9H,2H2,1H3,(H,18,20)(H,19,21). The summed E-state index contributed by atoms with van der Waals surface area (Å²) in [5.41, 5.74) is 0.938. The Morgan fingerprint density at radius 2 is 1.90 bits per heavy atom. The number of anilines is 2. The van der Waals surface area contributed by atoms with Gasteiger partial charge in [0, 0.05) is 24.0 Å². The Morgan fingerprint density at radius 3 is 2.57 bits per heavy atom. The van der Waals surface area contributed by atoms with Crippen LogP contribution in [0.15, 0.2) is 42.7 Å². The number of carbonyl (C=O) groups is 2. The van der Waals surface area contributed by atoms with Crippen molar-refractivity contribution < 1.29 is 14.0 Å². The molecule has 108 valence electrons. The molecule has 1 heterocycles. The first-order chi connectivity index (χ1) is 10.1. The Morgan fingerprint density at radius 1 is 1.19 bits per heavy atom. The van der Waals surface area contributed by atoms with E-state index >= 15 is 0 Å². The zero-order valence-corrected chi connectivity index (χ0v) is 11.4. The summed E-state index contributed by atoms with van der Waals surface area (Å²) >= 11 is 0. The van der Waals surface area contributed by atoms with Gasteiger partial charge in [0.1, 0.15) is 0 Å². The summed E-state index contributed by atoms with van der Waals surface area (Å²) in [5.74, 6) is -1.39. The van der Waals surface area contributed by atoms with E-state index < -0.39 is 11.7 Å². The lowest BCUT2D eigenvalue weighted by Crippen LogP contribution is -2.14. The number of halogens is 1. The second-order valence-corrected chi connectivity index (χ2v) is 4.29. The van der Waals surface area contributed by atoms with Gasteiger partial charge in [0.2, 0.25) is 5.91 Å². The molecule has 2 rings (SSSR count). The van der Waals surface area contributed by atoms with Gasteiger partial charge in [-0.2, -0.15) is 0 Å². The minimum atomic E-state index is -0.689. The highest BCUT2D eigenvalue weighted by atomic mass is 19.1. The van der Waals surface area contributed by atoms with Gasteiger partial charge in [-0.1, -0.05) is 13.0 Å². The van der Waals surface area contributed by atoms with Crippen LogP contribution in [0.25, 0.3) is 0 Å². The molecule has 0 aliphatic heterocycles. The van der Waals surface area contributed by atoms with Crippen LogP contribution in [-0.4, -0.2) is 16.8 Å². The Kier molecular flexibility index (Phi) is 4.61. The van der Waals surface area contributed by atoms with Gasteiger partial charge >= 0.3 is 0 Å².